The van der Waals surface area contributed by atoms with E-state index in [9.17, 15) is 13.2 Å². The number of aromatic nitrogens is 2. The number of nitrogens with zero attached hydrogens (tertiary/aromatic N) is 2. The summed E-state index contributed by atoms with van der Waals surface area (Å²) < 4.78 is 57.5. The number of hydrogen-bond acceptors (Lipinski definition) is 6. The molecule has 0 spiro atoms. The third-order valence-corrected chi connectivity index (χ3v) is 4.61. The Morgan fingerprint density at radius 2 is 1.94 bits per heavy atom. The van der Waals surface area contributed by atoms with E-state index in [-0.39, 0.29) is 12.4 Å². The van der Waals surface area contributed by atoms with E-state index in [1.54, 1.807) is 13.1 Å². The molecule has 2 N–H and O–H groups in total. The molecule has 0 aliphatic heterocycles. The van der Waals surface area contributed by atoms with Crippen molar-refractivity contribution in [1.82, 2.24) is 20.4 Å². The zero-order valence-corrected chi connectivity index (χ0v) is 18.4. The van der Waals surface area contributed by atoms with Crippen LogP contribution in [0.25, 0.3) is 11.3 Å². The number of rotatable bonds is 13. The Kier molecular flexibility index (Phi) is 9.60. The SMILES string of the molecule is CCOc1cc(OCCCOC)c(C(F)(F)F)cc1-c1[nH]ncc1CN(C)CCNC. The van der Waals surface area contributed by atoms with E-state index in [2.05, 4.69) is 20.4 Å². The molecule has 1 aromatic heterocycles. The number of alkyl halides is 3. The minimum absolute atomic E-state index is 0.105. The first-order valence-corrected chi connectivity index (χ1v) is 10.2. The Morgan fingerprint density at radius 3 is 2.58 bits per heavy atom. The van der Waals surface area contributed by atoms with E-state index >= 15 is 0 Å². The van der Waals surface area contributed by atoms with Gasteiger partial charge in [0.05, 0.1) is 30.7 Å². The van der Waals surface area contributed by atoms with Crippen molar-refractivity contribution in [2.45, 2.75) is 26.1 Å². The van der Waals surface area contributed by atoms with Gasteiger partial charge in [0.1, 0.15) is 11.5 Å². The summed E-state index contributed by atoms with van der Waals surface area (Å²) in [6, 6.07) is 2.38. The van der Waals surface area contributed by atoms with Gasteiger partial charge >= 0.3 is 6.18 Å². The van der Waals surface area contributed by atoms with Crippen LogP contribution in [0.5, 0.6) is 11.5 Å². The molecule has 0 aliphatic rings. The van der Waals surface area contributed by atoms with Gasteiger partial charge in [-0.05, 0) is 27.1 Å². The molecule has 0 unspecified atom stereocenters. The molecule has 174 valence electrons. The molecular formula is C21H31F3N4O3. The van der Waals surface area contributed by atoms with Crippen molar-refractivity contribution < 1.29 is 27.4 Å². The number of ether oxygens (including phenoxy) is 3. The summed E-state index contributed by atoms with van der Waals surface area (Å²) in [4.78, 5) is 2.06. The van der Waals surface area contributed by atoms with Crippen LogP contribution in [-0.4, -0.2) is 69.2 Å². The quantitative estimate of drug-likeness (QED) is 0.461. The summed E-state index contributed by atoms with van der Waals surface area (Å²) >= 11 is 0. The third kappa shape index (κ3) is 7.12. The lowest BCUT2D eigenvalue weighted by Gasteiger charge is -2.20. The molecule has 1 heterocycles. The van der Waals surface area contributed by atoms with Gasteiger partial charge in [-0.15, -0.1) is 0 Å². The van der Waals surface area contributed by atoms with E-state index in [0.717, 1.165) is 24.7 Å². The minimum atomic E-state index is -4.58. The molecule has 7 nitrogen and oxygen atoms in total. The van der Waals surface area contributed by atoms with Gasteiger partial charge in [-0.1, -0.05) is 0 Å². The molecule has 2 rings (SSSR count). The van der Waals surface area contributed by atoms with Crippen LogP contribution in [0.2, 0.25) is 0 Å². The standard InChI is InChI=1S/C21H31F3N4O3/c1-5-30-18-12-19(31-10-6-9-29-4)17(21(22,23)24)11-16(18)20-15(13-26-27-20)14-28(3)8-7-25-2/h11-13,25H,5-10,14H2,1-4H3,(H,26,27). The molecule has 0 amide bonds. The second-order valence-corrected chi connectivity index (χ2v) is 7.08. The van der Waals surface area contributed by atoms with E-state index in [1.807, 2.05) is 14.1 Å². The van der Waals surface area contributed by atoms with Crippen LogP contribution >= 0.6 is 0 Å². The van der Waals surface area contributed by atoms with E-state index in [0.29, 0.717) is 43.2 Å². The number of H-pyrrole nitrogens is 1. The molecular weight excluding hydrogens is 413 g/mol. The van der Waals surface area contributed by atoms with Crippen molar-refractivity contribution >= 4 is 0 Å². The van der Waals surface area contributed by atoms with Crippen molar-refractivity contribution in [3.05, 3.63) is 29.5 Å². The predicted octanol–water partition coefficient (Wildman–Crippen LogP) is 3.56. The lowest BCUT2D eigenvalue weighted by atomic mass is 10.0. The normalized spacial score (nSPS) is 11.9. The number of aromatic amines is 1. The van der Waals surface area contributed by atoms with Gasteiger partial charge in [-0.2, -0.15) is 18.3 Å². The number of hydrogen-bond donors (Lipinski definition) is 2. The van der Waals surface area contributed by atoms with Crippen LogP contribution in [0.3, 0.4) is 0 Å². The maximum Gasteiger partial charge on any atom is 0.419 e. The Morgan fingerprint density at radius 1 is 1.16 bits per heavy atom. The Hall–Kier alpha value is -2.30. The summed E-state index contributed by atoms with van der Waals surface area (Å²) in [5.74, 6) is 0.0450. The van der Waals surface area contributed by atoms with Crippen molar-refractivity contribution in [3.8, 4) is 22.8 Å². The molecule has 0 saturated carbocycles. The highest BCUT2D eigenvalue weighted by atomic mass is 19.4. The zero-order chi connectivity index (χ0) is 22.9. The molecule has 0 radical (unpaired) electrons. The number of likely N-dealkylation sites (N-methyl/N-ethyl adjacent to an activating group) is 2. The van der Waals surface area contributed by atoms with Crippen LogP contribution < -0.4 is 14.8 Å². The zero-order valence-electron chi connectivity index (χ0n) is 18.4. The van der Waals surface area contributed by atoms with Gasteiger partial charge in [0.15, 0.2) is 0 Å². The van der Waals surface area contributed by atoms with Crippen LogP contribution in [0.1, 0.15) is 24.5 Å². The fourth-order valence-corrected chi connectivity index (χ4v) is 3.09. The van der Waals surface area contributed by atoms with Crippen LogP contribution in [0.4, 0.5) is 13.2 Å². The van der Waals surface area contributed by atoms with Gasteiger partial charge in [-0.25, -0.2) is 0 Å². The molecule has 0 saturated heterocycles. The van der Waals surface area contributed by atoms with E-state index in [4.69, 9.17) is 14.2 Å². The first-order valence-electron chi connectivity index (χ1n) is 10.2. The highest BCUT2D eigenvalue weighted by Gasteiger charge is 2.36. The average molecular weight is 444 g/mol. The summed E-state index contributed by atoms with van der Waals surface area (Å²) in [7, 11) is 5.33. The van der Waals surface area contributed by atoms with Gasteiger partial charge < -0.3 is 24.4 Å². The molecule has 10 heteroatoms. The lowest BCUT2D eigenvalue weighted by molar-refractivity contribution is -0.138. The highest BCUT2D eigenvalue weighted by molar-refractivity contribution is 5.72. The molecule has 2 aromatic rings. The number of methoxy groups -OCH3 is 1. The van der Waals surface area contributed by atoms with Gasteiger partial charge in [0.25, 0.3) is 0 Å². The largest absolute Gasteiger partial charge is 0.493 e. The van der Waals surface area contributed by atoms with Crippen molar-refractivity contribution in [1.29, 1.82) is 0 Å². The van der Waals surface area contributed by atoms with Gasteiger partial charge in [0, 0.05) is 57.0 Å². The second kappa shape index (κ2) is 11.9. The summed E-state index contributed by atoms with van der Waals surface area (Å²) in [6.45, 7) is 4.68. The molecule has 0 fully saturated rings. The predicted molar refractivity (Wildman–Crippen MR) is 112 cm³/mol. The monoisotopic (exact) mass is 444 g/mol. The smallest absolute Gasteiger partial charge is 0.419 e. The maximum absolute atomic E-state index is 13.8. The third-order valence-electron chi connectivity index (χ3n) is 4.61. The lowest BCUT2D eigenvalue weighted by Crippen LogP contribution is -2.27. The first kappa shape index (κ1) is 25.0. The van der Waals surface area contributed by atoms with Crippen molar-refractivity contribution in [2.24, 2.45) is 0 Å². The fraction of sp³-hybridized carbons (Fsp3) is 0.571. The average Bonchev–Trinajstić information content (AvgIpc) is 3.17. The summed E-state index contributed by atoms with van der Waals surface area (Å²) in [5, 5.41) is 9.99. The number of halogens is 3. The molecule has 0 bridgehead atoms. The van der Waals surface area contributed by atoms with Gasteiger partial charge in [-0.3, -0.25) is 5.10 Å². The van der Waals surface area contributed by atoms with Crippen molar-refractivity contribution in [3.63, 3.8) is 0 Å². The molecule has 1 aromatic carbocycles. The van der Waals surface area contributed by atoms with Crippen LogP contribution in [-0.2, 0) is 17.5 Å². The van der Waals surface area contributed by atoms with Crippen LogP contribution in [0, 0.1) is 0 Å². The van der Waals surface area contributed by atoms with Crippen LogP contribution in [0.15, 0.2) is 18.3 Å². The highest BCUT2D eigenvalue weighted by Crippen LogP contribution is 2.43. The van der Waals surface area contributed by atoms with Gasteiger partial charge in [0.2, 0.25) is 0 Å². The first-order chi connectivity index (χ1) is 14.8. The Labute approximate surface area is 180 Å². The van der Waals surface area contributed by atoms with E-state index < -0.39 is 11.7 Å². The summed E-state index contributed by atoms with van der Waals surface area (Å²) in [5.41, 5.74) is 0.720. The Bertz CT molecular complexity index is 812. The number of nitrogens with one attached hydrogen (secondary N) is 2. The fourth-order valence-electron chi connectivity index (χ4n) is 3.09. The molecule has 0 aliphatic carbocycles. The topological polar surface area (TPSA) is 71.6 Å². The molecule has 0 atom stereocenters. The minimum Gasteiger partial charge on any atom is -0.493 e. The second-order valence-electron chi connectivity index (χ2n) is 7.08. The molecule has 31 heavy (non-hydrogen) atoms. The number of benzene rings is 1. The van der Waals surface area contributed by atoms with Crippen molar-refractivity contribution in [2.75, 3.05) is 54.1 Å². The summed E-state index contributed by atoms with van der Waals surface area (Å²) in [6.07, 6.45) is -2.48. The van der Waals surface area contributed by atoms with E-state index in [1.165, 1.54) is 13.2 Å². The Balaban J connectivity index is 2.44. The maximum atomic E-state index is 13.8.